The minimum Gasteiger partial charge on any atom is -0.320 e. The summed E-state index contributed by atoms with van der Waals surface area (Å²) >= 11 is 3.39. The van der Waals surface area contributed by atoms with Gasteiger partial charge in [-0.15, -0.1) is 0 Å². The average molecular weight is 344 g/mol. The highest BCUT2D eigenvalue weighted by molar-refractivity contribution is 9.10. The third kappa shape index (κ3) is 3.41. The van der Waals surface area contributed by atoms with Crippen LogP contribution in [0.5, 0.6) is 0 Å². The van der Waals surface area contributed by atoms with Gasteiger partial charge in [-0.25, -0.2) is 0 Å². The van der Waals surface area contributed by atoms with Crippen LogP contribution in [0.15, 0.2) is 46.9 Å². The lowest BCUT2D eigenvalue weighted by Gasteiger charge is -2.15. The van der Waals surface area contributed by atoms with Gasteiger partial charge in [0, 0.05) is 4.47 Å². The van der Waals surface area contributed by atoms with Gasteiger partial charge in [0.05, 0.1) is 11.6 Å². The van der Waals surface area contributed by atoms with Crippen molar-refractivity contribution in [3.8, 4) is 0 Å². The highest BCUT2D eigenvalue weighted by Crippen LogP contribution is 2.31. The molecule has 2 rings (SSSR count). The number of hydrogen-bond acceptors (Lipinski definition) is 1. The Balaban J connectivity index is 2.31. The standard InChI is InChI=1S/C15H13BrF3N/c1-9-6-11(8-13(16)7-9)14(20)10-2-4-12(5-3-10)15(17,18)19/h2-8,14H,20H2,1H3. The van der Waals surface area contributed by atoms with Crippen LogP contribution in [0.4, 0.5) is 13.2 Å². The van der Waals surface area contributed by atoms with Gasteiger partial charge in [-0.3, -0.25) is 0 Å². The zero-order valence-electron chi connectivity index (χ0n) is 10.7. The Morgan fingerprint density at radius 1 is 1.00 bits per heavy atom. The molecule has 0 saturated carbocycles. The zero-order valence-corrected chi connectivity index (χ0v) is 12.3. The molecule has 0 aliphatic heterocycles. The van der Waals surface area contributed by atoms with E-state index in [0.29, 0.717) is 5.56 Å². The van der Waals surface area contributed by atoms with Crippen molar-refractivity contribution in [1.82, 2.24) is 0 Å². The summed E-state index contributed by atoms with van der Waals surface area (Å²) in [7, 11) is 0. The topological polar surface area (TPSA) is 26.0 Å². The van der Waals surface area contributed by atoms with Crippen LogP contribution >= 0.6 is 15.9 Å². The van der Waals surface area contributed by atoms with E-state index >= 15 is 0 Å². The Hall–Kier alpha value is -1.33. The lowest BCUT2D eigenvalue weighted by atomic mass is 9.97. The molecule has 0 aliphatic rings. The van der Waals surface area contributed by atoms with Crippen LogP contribution in [-0.4, -0.2) is 0 Å². The molecule has 2 aromatic rings. The molecule has 1 unspecified atom stereocenters. The summed E-state index contributed by atoms with van der Waals surface area (Å²) in [5, 5.41) is 0. The zero-order chi connectivity index (χ0) is 14.9. The van der Waals surface area contributed by atoms with Crippen LogP contribution in [0.25, 0.3) is 0 Å². The second-order valence-corrected chi connectivity index (χ2v) is 5.58. The second kappa shape index (κ2) is 5.58. The van der Waals surface area contributed by atoms with Crippen LogP contribution in [0.1, 0.15) is 28.3 Å². The van der Waals surface area contributed by atoms with Gasteiger partial charge in [-0.1, -0.05) is 34.1 Å². The minimum absolute atomic E-state index is 0.450. The molecular formula is C15H13BrF3N. The average Bonchev–Trinajstić information content (AvgIpc) is 2.36. The number of alkyl halides is 3. The quantitative estimate of drug-likeness (QED) is 0.830. The smallest absolute Gasteiger partial charge is 0.320 e. The largest absolute Gasteiger partial charge is 0.416 e. The Morgan fingerprint density at radius 2 is 1.60 bits per heavy atom. The van der Waals surface area contributed by atoms with E-state index in [-0.39, 0.29) is 0 Å². The van der Waals surface area contributed by atoms with Crippen LogP contribution in [-0.2, 0) is 6.18 Å². The molecule has 2 aromatic carbocycles. The first-order valence-corrected chi connectivity index (χ1v) is 6.76. The van der Waals surface area contributed by atoms with Crippen LogP contribution in [0.3, 0.4) is 0 Å². The van der Waals surface area contributed by atoms with E-state index in [9.17, 15) is 13.2 Å². The molecular weight excluding hydrogens is 331 g/mol. The van der Waals surface area contributed by atoms with E-state index in [1.165, 1.54) is 12.1 Å². The molecule has 20 heavy (non-hydrogen) atoms. The first-order valence-electron chi connectivity index (χ1n) is 5.97. The van der Waals surface area contributed by atoms with E-state index < -0.39 is 17.8 Å². The van der Waals surface area contributed by atoms with Gasteiger partial charge in [0.25, 0.3) is 0 Å². The minimum atomic E-state index is -4.32. The Bertz CT molecular complexity index is 585. The molecule has 1 atom stereocenters. The van der Waals surface area contributed by atoms with E-state index in [2.05, 4.69) is 15.9 Å². The fourth-order valence-corrected chi connectivity index (χ4v) is 2.64. The highest BCUT2D eigenvalue weighted by Gasteiger charge is 2.30. The fraction of sp³-hybridized carbons (Fsp3) is 0.200. The third-order valence-electron chi connectivity index (χ3n) is 3.02. The van der Waals surface area contributed by atoms with E-state index in [1.807, 2.05) is 25.1 Å². The fourth-order valence-electron chi connectivity index (χ4n) is 2.02. The lowest BCUT2D eigenvalue weighted by Crippen LogP contribution is -2.13. The van der Waals surface area contributed by atoms with Crippen molar-refractivity contribution in [1.29, 1.82) is 0 Å². The van der Waals surface area contributed by atoms with Gasteiger partial charge >= 0.3 is 6.18 Å². The Morgan fingerprint density at radius 3 is 2.10 bits per heavy atom. The summed E-state index contributed by atoms with van der Waals surface area (Å²) in [6.45, 7) is 1.94. The number of hydrogen-bond donors (Lipinski definition) is 1. The molecule has 5 heteroatoms. The van der Waals surface area contributed by atoms with Gasteiger partial charge in [-0.2, -0.15) is 13.2 Å². The molecule has 0 aliphatic carbocycles. The first kappa shape index (κ1) is 15.1. The van der Waals surface area contributed by atoms with Crippen LogP contribution < -0.4 is 5.73 Å². The highest BCUT2D eigenvalue weighted by atomic mass is 79.9. The SMILES string of the molecule is Cc1cc(Br)cc(C(N)c2ccc(C(F)(F)F)cc2)c1. The summed E-state index contributed by atoms with van der Waals surface area (Å²) in [5.74, 6) is 0. The summed E-state index contributed by atoms with van der Waals surface area (Å²) < 4.78 is 38.4. The van der Waals surface area contributed by atoms with Gasteiger partial charge in [0.1, 0.15) is 0 Å². The van der Waals surface area contributed by atoms with Crippen molar-refractivity contribution in [2.75, 3.05) is 0 Å². The Kier molecular flexibility index (Phi) is 4.20. The summed E-state index contributed by atoms with van der Waals surface area (Å²) in [4.78, 5) is 0. The van der Waals surface area contributed by atoms with Crippen molar-refractivity contribution in [3.05, 3.63) is 69.2 Å². The molecule has 0 spiro atoms. The maximum Gasteiger partial charge on any atom is 0.416 e. The first-order chi connectivity index (χ1) is 9.27. The summed E-state index contributed by atoms with van der Waals surface area (Å²) in [5.41, 5.74) is 7.99. The van der Waals surface area contributed by atoms with Crippen molar-refractivity contribution in [2.45, 2.75) is 19.1 Å². The maximum absolute atomic E-state index is 12.5. The Labute approximate surface area is 123 Å². The van der Waals surface area contributed by atoms with Crippen molar-refractivity contribution in [3.63, 3.8) is 0 Å². The maximum atomic E-state index is 12.5. The van der Waals surface area contributed by atoms with E-state index in [4.69, 9.17) is 5.73 Å². The molecule has 1 nitrogen and oxygen atoms in total. The number of rotatable bonds is 2. The van der Waals surface area contributed by atoms with Gasteiger partial charge in [0.2, 0.25) is 0 Å². The lowest BCUT2D eigenvalue weighted by molar-refractivity contribution is -0.137. The van der Waals surface area contributed by atoms with E-state index in [0.717, 1.165) is 27.7 Å². The molecule has 0 aromatic heterocycles. The van der Waals surface area contributed by atoms with Crippen molar-refractivity contribution in [2.24, 2.45) is 5.73 Å². The third-order valence-corrected chi connectivity index (χ3v) is 3.48. The molecule has 0 amide bonds. The number of aryl methyl sites for hydroxylation is 1. The summed E-state index contributed by atoms with van der Waals surface area (Å²) in [6.07, 6.45) is -4.32. The van der Waals surface area contributed by atoms with Crippen molar-refractivity contribution >= 4 is 15.9 Å². The summed E-state index contributed by atoms with van der Waals surface area (Å²) in [6, 6.07) is 10.2. The number of benzene rings is 2. The van der Waals surface area contributed by atoms with Gasteiger partial charge in [-0.05, 0) is 47.9 Å². The molecule has 0 radical (unpaired) electrons. The molecule has 106 valence electrons. The predicted octanol–water partition coefficient (Wildman–Crippen LogP) is 4.82. The van der Waals surface area contributed by atoms with E-state index in [1.54, 1.807) is 0 Å². The molecule has 0 bridgehead atoms. The van der Waals surface area contributed by atoms with Crippen molar-refractivity contribution < 1.29 is 13.2 Å². The number of nitrogens with two attached hydrogens (primary N) is 1. The molecule has 0 saturated heterocycles. The van der Waals surface area contributed by atoms with Gasteiger partial charge < -0.3 is 5.73 Å². The van der Waals surface area contributed by atoms with Gasteiger partial charge in [0.15, 0.2) is 0 Å². The van der Waals surface area contributed by atoms with Crippen LogP contribution in [0, 0.1) is 6.92 Å². The molecule has 0 heterocycles. The normalized spacial score (nSPS) is 13.3. The predicted molar refractivity (Wildman–Crippen MR) is 76.4 cm³/mol. The molecule has 2 N–H and O–H groups in total. The van der Waals surface area contributed by atoms with Crippen LogP contribution in [0.2, 0.25) is 0 Å². The monoisotopic (exact) mass is 343 g/mol. The number of halogens is 4. The second-order valence-electron chi connectivity index (χ2n) is 4.66. The molecule has 0 fully saturated rings.